The second-order valence-electron chi connectivity index (χ2n) is 7.07. The fraction of sp³-hybridized carbons (Fsp3) is 0.120. The van der Waals surface area contributed by atoms with Crippen LogP contribution in [0.2, 0.25) is 0 Å². The van der Waals surface area contributed by atoms with Crippen LogP contribution < -0.4 is 20.8 Å². The zero-order chi connectivity index (χ0) is 23.2. The maximum atomic E-state index is 13.2. The summed E-state index contributed by atoms with van der Waals surface area (Å²) in [6, 6.07) is 21.7. The van der Waals surface area contributed by atoms with Gasteiger partial charge in [0.25, 0.3) is 11.5 Å². The fourth-order valence-electron chi connectivity index (χ4n) is 3.27. The van der Waals surface area contributed by atoms with E-state index < -0.39 is 5.91 Å². The Morgan fingerprint density at radius 1 is 1.03 bits per heavy atom. The van der Waals surface area contributed by atoms with Gasteiger partial charge in [0.05, 0.1) is 23.7 Å². The van der Waals surface area contributed by atoms with Crippen molar-refractivity contribution in [2.75, 3.05) is 13.2 Å². The van der Waals surface area contributed by atoms with E-state index in [1.54, 1.807) is 42.6 Å². The number of benzene rings is 3. The van der Waals surface area contributed by atoms with Crippen LogP contribution in [0.5, 0.6) is 11.5 Å². The van der Waals surface area contributed by atoms with Crippen molar-refractivity contribution >= 4 is 23.0 Å². The van der Waals surface area contributed by atoms with Crippen LogP contribution in [0.3, 0.4) is 0 Å². The number of rotatable bonds is 8. The first-order valence-corrected chi connectivity index (χ1v) is 10.4. The van der Waals surface area contributed by atoms with E-state index in [-0.39, 0.29) is 12.2 Å². The summed E-state index contributed by atoms with van der Waals surface area (Å²) in [6.45, 7) is 1.98. The number of ether oxygens (including phenoxy) is 2. The van der Waals surface area contributed by atoms with E-state index in [0.29, 0.717) is 40.4 Å². The van der Waals surface area contributed by atoms with Crippen LogP contribution in [0.1, 0.15) is 12.5 Å². The summed E-state index contributed by atoms with van der Waals surface area (Å²) in [4.78, 5) is 29.0. The molecule has 1 amide bonds. The van der Waals surface area contributed by atoms with Crippen LogP contribution in [0, 0.1) is 0 Å². The molecule has 1 aromatic heterocycles. The van der Waals surface area contributed by atoms with E-state index in [9.17, 15) is 9.59 Å². The largest absolute Gasteiger partial charge is 0.490 e. The van der Waals surface area contributed by atoms with Gasteiger partial charge in [-0.3, -0.25) is 9.59 Å². The lowest BCUT2D eigenvalue weighted by molar-refractivity contribution is -0.119. The van der Waals surface area contributed by atoms with E-state index in [1.165, 1.54) is 4.68 Å². The van der Waals surface area contributed by atoms with E-state index in [4.69, 9.17) is 15.2 Å². The number of nitrogens with two attached hydrogens (primary N) is 1. The van der Waals surface area contributed by atoms with Gasteiger partial charge in [0.1, 0.15) is 0 Å². The Bertz CT molecular complexity index is 1380. The molecule has 4 rings (SSSR count). The molecule has 0 aliphatic rings. The minimum Gasteiger partial charge on any atom is -0.490 e. The van der Waals surface area contributed by atoms with E-state index in [0.717, 1.165) is 5.56 Å². The Morgan fingerprint density at radius 2 is 1.79 bits per heavy atom. The van der Waals surface area contributed by atoms with Crippen molar-refractivity contribution in [3.63, 3.8) is 0 Å². The highest BCUT2D eigenvalue weighted by molar-refractivity contribution is 5.83. The summed E-state index contributed by atoms with van der Waals surface area (Å²) in [6.07, 6.45) is 1.55. The number of hydrogen-bond acceptors (Lipinski definition) is 6. The smallest absolute Gasteiger partial charge is 0.282 e. The molecule has 0 bridgehead atoms. The van der Waals surface area contributed by atoms with Crippen molar-refractivity contribution in [2.24, 2.45) is 10.8 Å². The summed E-state index contributed by atoms with van der Waals surface area (Å²) in [7, 11) is 0. The maximum absolute atomic E-state index is 13.2. The number of amides is 1. The Hall–Kier alpha value is -4.46. The number of fused-ring (bicyclic) bond motifs is 1. The molecule has 8 heteroatoms. The van der Waals surface area contributed by atoms with Gasteiger partial charge in [-0.15, -0.1) is 0 Å². The molecule has 0 fully saturated rings. The van der Waals surface area contributed by atoms with Crippen LogP contribution in [-0.4, -0.2) is 35.0 Å². The average Bonchev–Trinajstić information content (AvgIpc) is 2.83. The summed E-state index contributed by atoms with van der Waals surface area (Å²) >= 11 is 0. The molecule has 0 saturated carbocycles. The van der Waals surface area contributed by atoms with Gasteiger partial charge in [-0.1, -0.05) is 42.5 Å². The number of carbonyl (C=O) groups excluding carboxylic acids is 1. The number of para-hydroxylation sites is 1. The van der Waals surface area contributed by atoms with Crippen molar-refractivity contribution < 1.29 is 14.3 Å². The second-order valence-corrected chi connectivity index (χ2v) is 7.07. The lowest BCUT2D eigenvalue weighted by atomic mass is 10.2. The lowest BCUT2D eigenvalue weighted by Crippen LogP contribution is -2.20. The molecule has 8 nitrogen and oxygen atoms in total. The molecular weight excluding hydrogens is 420 g/mol. The Balaban J connectivity index is 1.77. The molecule has 0 radical (unpaired) electrons. The minimum absolute atomic E-state index is 0.258. The molecule has 4 aromatic rings. The van der Waals surface area contributed by atoms with Crippen molar-refractivity contribution in [3.05, 3.63) is 88.7 Å². The summed E-state index contributed by atoms with van der Waals surface area (Å²) in [5, 5.41) is 4.93. The average molecular weight is 442 g/mol. The number of nitrogens with zero attached hydrogens (tertiary/aromatic N) is 3. The predicted octanol–water partition coefficient (Wildman–Crippen LogP) is 3.21. The third kappa shape index (κ3) is 4.90. The molecule has 0 aliphatic heterocycles. The molecule has 0 saturated heterocycles. The van der Waals surface area contributed by atoms with Crippen LogP contribution in [0.25, 0.3) is 22.3 Å². The molecule has 33 heavy (non-hydrogen) atoms. The molecule has 1 heterocycles. The Labute approximate surface area is 189 Å². The minimum atomic E-state index is -0.584. The van der Waals surface area contributed by atoms with E-state index >= 15 is 0 Å². The highest BCUT2D eigenvalue weighted by Gasteiger charge is 2.12. The molecule has 0 aliphatic carbocycles. The number of primary amides is 1. The predicted molar refractivity (Wildman–Crippen MR) is 127 cm³/mol. The maximum Gasteiger partial charge on any atom is 0.282 e. The van der Waals surface area contributed by atoms with Gasteiger partial charge in [0.2, 0.25) is 0 Å². The highest BCUT2D eigenvalue weighted by atomic mass is 16.5. The molecule has 3 aromatic carbocycles. The van der Waals surface area contributed by atoms with Gasteiger partial charge >= 0.3 is 0 Å². The third-order valence-corrected chi connectivity index (χ3v) is 4.75. The normalized spacial score (nSPS) is 11.1. The van der Waals surface area contributed by atoms with Crippen molar-refractivity contribution in [2.45, 2.75) is 6.92 Å². The van der Waals surface area contributed by atoms with Gasteiger partial charge < -0.3 is 15.2 Å². The lowest BCUT2D eigenvalue weighted by Gasteiger charge is -2.12. The highest BCUT2D eigenvalue weighted by Crippen LogP contribution is 2.28. The van der Waals surface area contributed by atoms with Crippen LogP contribution >= 0.6 is 0 Å². The standard InChI is InChI=1S/C25H22N4O4/c1-2-32-22-14-17(12-13-21(22)33-16-23(26)30)15-27-29-24(18-8-4-3-5-9-18)28-20-11-7-6-10-19(20)25(29)31/h3-15H,2,16H2,1H3,(H2,26,30). The van der Waals surface area contributed by atoms with Gasteiger partial charge in [-0.2, -0.15) is 9.78 Å². The number of carbonyl (C=O) groups is 1. The van der Waals surface area contributed by atoms with Gasteiger partial charge in [-0.25, -0.2) is 4.98 Å². The van der Waals surface area contributed by atoms with Crippen molar-refractivity contribution in [1.82, 2.24) is 9.66 Å². The van der Waals surface area contributed by atoms with Gasteiger partial charge in [0, 0.05) is 5.56 Å². The summed E-state index contributed by atoms with van der Waals surface area (Å²) in [5.74, 6) is 0.680. The molecule has 166 valence electrons. The van der Waals surface area contributed by atoms with Crippen LogP contribution in [-0.2, 0) is 4.79 Å². The fourth-order valence-corrected chi connectivity index (χ4v) is 3.27. The first-order chi connectivity index (χ1) is 16.1. The molecular formula is C25H22N4O4. The number of hydrogen-bond donors (Lipinski definition) is 1. The van der Waals surface area contributed by atoms with Crippen LogP contribution in [0.4, 0.5) is 0 Å². The van der Waals surface area contributed by atoms with E-state index in [1.807, 2.05) is 43.3 Å². The van der Waals surface area contributed by atoms with E-state index in [2.05, 4.69) is 10.1 Å². The first kappa shape index (κ1) is 21.8. The Morgan fingerprint density at radius 3 is 2.55 bits per heavy atom. The van der Waals surface area contributed by atoms with Gasteiger partial charge in [0.15, 0.2) is 23.9 Å². The quantitative estimate of drug-likeness (QED) is 0.422. The van der Waals surface area contributed by atoms with Crippen LogP contribution in [0.15, 0.2) is 82.7 Å². The third-order valence-electron chi connectivity index (χ3n) is 4.75. The monoisotopic (exact) mass is 442 g/mol. The molecule has 0 spiro atoms. The molecule has 0 unspecified atom stereocenters. The first-order valence-electron chi connectivity index (χ1n) is 10.4. The summed E-state index contributed by atoms with van der Waals surface area (Å²) in [5.41, 5.74) is 6.92. The summed E-state index contributed by atoms with van der Waals surface area (Å²) < 4.78 is 12.3. The molecule has 2 N–H and O–H groups in total. The molecule has 0 atom stereocenters. The Kier molecular flexibility index (Phi) is 6.45. The van der Waals surface area contributed by atoms with Gasteiger partial charge in [-0.05, 0) is 42.8 Å². The second kappa shape index (κ2) is 9.78. The van der Waals surface area contributed by atoms with Crippen molar-refractivity contribution in [1.29, 1.82) is 0 Å². The number of aromatic nitrogens is 2. The SMILES string of the molecule is CCOc1cc(C=Nn2c(-c3ccccc3)nc3ccccc3c2=O)ccc1OCC(N)=O. The topological polar surface area (TPSA) is 109 Å². The zero-order valence-corrected chi connectivity index (χ0v) is 18.0. The zero-order valence-electron chi connectivity index (χ0n) is 18.0. The van der Waals surface area contributed by atoms with Crippen molar-refractivity contribution in [3.8, 4) is 22.9 Å².